The molecule has 2 heterocycles. The summed E-state index contributed by atoms with van der Waals surface area (Å²) in [7, 11) is 0. The lowest BCUT2D eigenvalue weighted by molar-refractivity contribution is 0.0941. The van der Waals surface area contributed by atoms with Crippen molar-refractivity contribution in [2.45, 2.75) is 25.8 Å². The first kappa shape index (κ1) is 16.5. The van der Waals surface area contributed by atoms with Crippen molar-refractivity contribution >= 4 is 11.6 Å². The molecule has 0 unspecified atom stereocenters. The fourth-order valence-corrected chi connectivity index (χ4v) is 3.35. The molecule has 3 rings (SSSR count). The lowest BCUT2D eigenvalue weighted by atomic mass is 10.0. The summed E-state index contributed by atoms with van der Waals surface area (Å²) < 4.78 is 0. The van der Waals surface area contributed by atoms with E-state index in [4.69, 9.17) is 5.73 Å². The maximum atomic E-state index is 12.5. The Hall–Kier alpha value is -2.40. The average Bonchev–Trinajstić information content (AvgIpc) is 3.07. The maximum absolute atomic E-state index is 12.5. The molecule has 0 radical (unpaired) electrons. The number of nitrogens with zero attached hydrogens (tertiary/aromatic N) is 2. The van der Waals surface area contributed by atoms with Crippen LogP contribution in [-0.4, -0.2) is 41.5 Å². The third kappa shape index (κ3) is 3.57. The molecule has 2 aromatic rings. The molecule has 1 aromatic heterocycles. The van der Waals surface area contributed by atoms with Gasteiger partial charge in [-0.3, -0.25) is 14.7 Å². The van der Waals surface area contributed by atoms with Gasteiger partial charge in [0.05, 0.1) is 11.9 Å². The zero-order chi connectivity index (χ0) is 16.9. The van der Waals surface area contributed by atoms with Gasteiger partial charge in [0, 0.05) is 29.9 Å². The molecule has 0 bridgehead atoms. The van der Waals surface area contributed by atoms with Gasteiger partial charge >= 0.3 is 0 Å². The number of likely N-dealkylation sites (tertiary alicyclic amines) is 1. The fraction of sp³-hybridized carbons (Fsp3) is 0.368. The molecule has 1 aromatic carbocycles. The zero-order valence-corrected chi connectivity index (χ0v) is 14.0. The third-order valence-corrected chi connectivity index (χ3v) is 4.69. The summed E-state index contributed by atoms with van der Waals surface area (Å²) in [4.78, 5) is 18.9. The van der Waals surface area contributed by atoms with Crippen LogP contribution in [-0.2, 0) is 0 Å². The Morgan fingerprint density at radius 2 is 2.29 bits per heavy atom. The molecule has 1 saturated heterocycles. The van der Waals surface area contributed by atoms with Crippen LogP contribution in [0.15, 0.2) is 42.7 Å². The van der Waals surface area contributed by atoms with Crippen LogP contribution in [0.2, 0.25) is 0 Å². The number of likely N-dealkylation sites (N-methyl/N-ethyl adjacent to an activating group) is 1. The number of aromatic nitrogens is 1. The Bertz CT molecular complexity index is 716. The van der Waals surface area contributed by atoms with Crippen LogP contribution in [0.25, 0.3) is 11.1 Å². The molecule has 1 atom stereocenters. The van der Waals surface area contributed by atoms with Crippen LogP contribution >= 0.6 is 0 Å². The van der Waals surface area contributed by atoms with Crippen molar-refractivity contribution in [1.82, 2.24) is 15.2 Å². The molecule has 126 valence electrons. The summed E-state index contributed by atoms with van der Waals surface area (Å²) in [5.74, 6) is -0.0348. The molecule has 5 heteroatoms. The number of nitrogens with one attached hydrogen (secondary N) is 1. The molecule has 0 aliphatic carbocycles. The van der Waals surface area contributed by atoms with Crippen LogP contribution in [0, 0.1) is 0 Å². The number of pyridine rings is 1. The predicted octanol–water partition coefficient (Wildman–Crippen LogP) is 2.54. The van der Waals surface area contributed by atoms with Crippen LogP contribution in [0.4, 0.5) is 5.69 Å². The highest BCUT2D eigenvalue weighted by molar-refractivity contribution is 5.95. The first-order valence-electron chi connectivity index (χ1n) is 8.51. The van der Waals surface area contributed by atoms with E-state index < -0.39 is 0 Å². The zero-order valence-electron chi connectivity index (χ0n) is 14.0. The number of amides is 1. The summed E-state index contributed by atoms with van der Waals surface area (Å²) in [5, 5.41) is 3.07. The van der Waals surface area contributed by atoms with E-state index in [1.807, 2.05) is 30.3 Å². The van der Waals surface area contributed by atoms with Crippen molar-refractivity contribution in [1.29, 1.82) is 0 Å². The van der Waals surface area contributed by atoms with Crippen molar-refractivity contribution in [3.05, 3.63) is 48.3 Å². The van der Waals surface area contributed by atoms with Gasteiger partial charge < -0.3 is 11.1 Å². The number of hydrogen-bond donors (Lipinski definition) is 2. The van der Waals surface area contributed by atoms with Crippen LogP contribution in [0.3, 0.4) is 0 Å². The van der Waals surface area contributed by atoms with E-state index in [1.165, 1.54) is 6.42 Å². The van der Waals surface area contributed by atoms with E-state index in [0.717, 1.165) is 30.6 Å². The van der Waals surface area contributed by atoms with Gasteiger partial charge in [-0.05, 0) is 49.7 Å². The molecule has 0 saturated carbocycles. The molecule has 1 aliphatic heterocycles. The van der Waals surface area contributed by atoms with Crippen molar-refractivity contribution in [2.75, 3.05) is 25.4 Å². The number of carbonyl (C=O) groups excluding carboxylic acids is 1. The second-order valence-electron chi connectivity index (χ2n) is 6.18. The third-order valence-electron chi connectivity index (χ3n) is 4.69. The van der Waals surface area contributed by atoms with Gasteiger partial charge in [-0.15, -0.1) is 0 Å². The number of nitrogen functional groups attached to an aromatic ring is 1. The van der Waals surface area contributed by atoms with Gasteiger partial charge in [0.1, 0.15) is 0 Å². The lowest BCUT2D eigenvalue weighted by Crippen LogP contribution is -2.40. The van der Waals surface area contributed by atoms with E-state index in [9.17, 15) is 4.79 Å². The molecule has 24 heavy (non-hydrogen) atoms. The number of carbonyl (C=O) groups is 1. The van der Waals surface area contributed by atoms with E-state index in [0.29, 0.717) is 23.8 Å². The van der Waals surface area contributed by atoms with E-state index in [-0.39, 0.29) is 5.91 Å². The summed E-state index contributed by atoms with van der Waals surface area (Å²) in [6, 6.07) is 9.88. The number of rotatable bonds is 5. The number of anilines is 1. The molecule has 1 fully saturated rings. The van der Waals surface area contributed by atoms with E-state index in [2.05, 4.69) is 22.1 Å². The highest BCUT2D eigenvalue weighted by atomic mass is 16.1. The quantitative estimate of drug-likeness (QED) is 0.886. The largest absolute Gasteiger partial charge is 0.397 e. The smallest absolute Gasteiger partial charge is 0.251 e. The topological polar surface area (TPSA) is 71.2 Å². The lowest BCUT2D eigenvalue weighted by Gasteiger charge is -2.22. The Kier molecular flexibility index (Phi) is 5.11. The Balaban J connectivity index is 1.70. The van der Waals surface area contributed by atoms with Gasteiger partial charge in [0.15, 0.2) is 0 Å². The highest BCUT2D eigenvalue weighted by Gasteiger charge is 2.23. The molecule has 5 nitrogen and oxygen atoms in total. The minimum atomic E-state index is -0.0348. The van der Waals surface area contributed by atoms with Gasteiger partial charge in [0.2, 0.25) is 0 Å². The summed E-state index contributed by atoms with van der Waals surface area (Å²) >= 11 is 0. The van der Waals surface area contributed by atoms with E-state index >= 15 is 0 Å². The highest BCUT2D eigenvalue weighted by Crippen LogP contribution is 2.25. The van der Waals surface area contributed by atoms with Crippen molar-refractivity contribution in [3.63, 3.8) is 0 Å². The van der Waals surface area contributed by atoms with Crippen molar-refractivity contribution < 1.29 is 4.79 Å². The van der Waals surface area contributed by atoms with Crippen LogP contribution in [0.1, 0.15) is 30.1 Å². The summed E-state index contributed by atoms with van der Waals surface area (Å²) in [6.45, 7) is 5.04. The number of hydrogen-bond acceptors (Lipinski definition) is 4. The monoisotopic (exact) mass is 324 g/mol. The van der Waals surface area contributed by atoms with Crippen molar-refractivity contribution in [2.24, 2.45) is 0 Å². The van der Waals surface area contributed by atoms with Gasteiger partial charge in [-0.1, -0.05) is 19.1 Å². The molecule has 1 amide bonds. The predicted molar refractivity (Wildman–Crippen MR) is 96.7 cm³/mol. The molecule has 0 spiro atoms. The minimum absolute atomic E-state index is 0.0348. The van der Waals surface area contributed by atoms with Crippen LogP contribution in [0.5, 0.6) is 0 Å². The van der Waals surface area contributed by atoms with Crippen molar-refractivity contribution in [3.8, 4) is 11.1 Å². The first-order chi connectivity index (χ1) is 11.7. The van der Waals surface area contributed by atoms with Gasteiger partial charge in [0.25, 0.3) is 5.91 Å². The molecular weight excluding hydrogens is 300 g/mol. The number of nitrogens with two attached hydrogens (primary N) is 1. The summed E-state index contributed by atoms with van der Waals surface area (Å²) in [5.41, 5.74) is 9.08. The number of benzene rings is 1. The maximum Gasteiger partial charge on any atom is 0.251 e. The average molecular weight is 324 g/mol. The molecule has 1 aliphatic rings. The summed E-state index contributed by atoms with van der Waals surface area (Å²) in [6.07, 6.45) is 5.70. The normalized spacial score (nSPS) is 17.8. The van der Waals surface area contributed by atoms with Gasteiger partial charge in [-0.2, -0.15) is 0 Å². The SMILES string of the molecule is CCN1CCC[C@H]1CNC(=O)c1cccc(-c2ccncc2N)c1. The van der Waals surface area contributed by atoms with Crippen LogP contribution < -0.4 is 11.1 Å². The van der Waals surface area contributed by atoms with E-state index in [1.54, 1.807) is 12.4 Å². The minimum Gasteiger partial charge on any atom is -0.397 e. The standard InChI is InChI=1S/C19H24N4O/c1-2-23-10-4-7-16(23)12-22-19(24)15-6-3-5-14(11-15)17-8-9-21-13-18(17)20/h3,5-6,8-9,11,13,16H,2,4,7,10,12,20H2,1H3,(H,22,24)/t16-/m0/s1. The molecule has 3 N–H and O–H groups in total. The Morgan fingerprint density at radius 1 is 1.42 bits per heavy atom. The first-order valence-corrected chi connectivity index (χ1v) is 8.51. The Labute approximate surface area is 142 Å². The second kappa shape index (κ2) is 7.45. The van der Waals surface area contributed by atoms with Gasteiger partial charge in [-0.25, -0.2) is 0 Å². The molecular formula is C19H24N4O. The second-order valence-corrected chi connectivity index (χ2v) is 6.18. The fourth-order valence-electron chi connectivity index (χ4n) is 3.35. The Morgan fingerprint density at radius 3 is 3.08 bits per heavy atom.